The van der Waals surface area contributed by atoms with Crippen molar-refractivity contribution in [3.8, 4) is 11.5 Å². The molecule has 6 heteroatoms. The number of hydrogen-bond donors (Lipinski definition) is 1. The minimum Gasteiger partial charge on any atom is -0.494 e. The Kier molecular flexibility index (Phi) is 8.20. The summed E-state index contributed by atoms with van der Waals surface area (Å²) in [6.45, 7) is 6.19. The number of nitrogens with zero attached hydrogens (tertiary/aromatic N) is 1. The van der Waals surface area contributed by atoms with Crippen LogP contribution >= 0.6 is 12.4 Å². The van der Waals surface area contributed by atoms with Gasteiger partial charge < -0.3 is 20.1 Å². The fourth-order valence-electron chi connectivity index (χ4n) is 2.70. The van der Waals surface area contributed by atoms with Crippen LogP contribution in [0.3, 0.4) is 0 Å². The molecular formula is C17H27ClN2O3. The lowest BCUT2D eigenvalue weighted by Gasteiger charge is -2.34. The first-order chi connectivity index (χ1) is 10.6. The lowest BCUT2D eigenvalue weighted by atomic mass is 9.92. The molecule has 0 aliphatic carbocycles. The highest BCUT2D eigenvalue weighted by molar-refractivity contribution is 5.85. The summed E-state index contributed by atoms with van der Waals surface area (Å²) < 4.78 is 10.9. The SMILES string of the molecule is CCOc1ccc(OCC(=O)N2CCCC(C(C)N)C2)cc1.Cl. The highest BCUT2D eigenvalue weighted by Gasteiger charge is 2.25. The van der Waals surface area contributed by atoms with Crippen molar-refractivity contribution >= 4 is 18.3 Å². The minimum absolute atomic E-state index is 0. The van der Waals surface area contributed by atoms with Crippen LogP contribution in [-0.2, 0) is 4.79 Å². The summed E-state index contributed by atoms with van der Waals surface area (Å²) in [7, 11) is 0. The number of carbonyl (C=O) groups excluding carboxylic acids is 1. The number of nitrogens with two attached hydrogens (primary N) is 1. The molecule has 1 amide bonds. The third-order valence-electron chi connectivity index (χ3n) is 4.05. The summed E-state index contributed by atoms with van der Waals surface area (Å²) in [4.78, 5) is 14.1. The predicted molar refractivity (Wildman–Crippen MR) is 93.3 cm³/mol. The number of rotatable bonds is 6. The van der Waals surface area contributed by atoms with Gasteiger partial charge in [0.2, 0.25) is 0 Å². The van der Waals surface area contributed by atoms with Gasteiger partial charge in [-0.05, 0) is 56.9 Å². The van der Waals surface area contributed by atoms with Crippen LogP contribution in [0.1, 0.15) is 26.7 Å². The monoisotopic (exact) mass is 342 g/mol. The third kappa shape index (κ3) is 5.92. The lowest BCUT2D eigenvalue weighted by Crippen LogP contribution is -2.46. The van der Waals surface area contributed by atoms with Gasteiger partial charge in [-0.15, -0.1) is 12.4 Å². The zero-order valence-corrected chi connectivity index (χ0v) is 14.7. The molecule has 0 aromatic heterocycles. The van der Waals surface area contributed by atoms with Crippen LogP contribution < -0.4 is 15.2 Å². The van der Waals surface area contributed by atoms with Crippen molar-refractivity contribution in [3.63, 3.8) is 0 Å². The number of ether oxygens (including phenoxy) is 2. The van der Waals surface area contributed by atoms with E-state index in [1.807, 2.05) is 43.0 Å². The van der Waals surface area contributed by atoms with Crippen LogP contribution in [-0.4, -0.2) is 43.2 Å². The van der Waals surface area contributed by atoms with Crippen molar-refractivity contribution in [2.24, 2.45) is 11.7 Å². The summed E-state index contributed by atoms with van der Waals surface area (Å²) >= 11 is 0. The standard InChI is InChI=1S/C17H26N2O3.ClH/c1-3-21-15-6-8-16(9-7-15)22-12-17(20)19-10-4-5-14(11-19)13(2)18;/h6-9,13-14H,3-5,10-12,18H2,1-2H3;1H. The Labute approximate surface area is 144 Å². The van der Waals surface area contributed by atoms with Crippen molar-refractivity contribution in [3.05, 3.63) is 24.3 Å². The van der Waals surface area contributed by atoms with E-state index in [4.69, 9.17) is 15.2 Å². The van der Waals surface area contributed by atoms with Gasteiger partial charge in [-0.3, -0.25) is 4.79 Å². The molecule has 1 saturated heterocycles. The van der Waals surface area contributed by atoms with Crippen LogP contribution in [0.5, 0.6) is 11.5 Å². The molecule has 2 rings (SSSR count). The van der Waals surface area contributed by atoms with E-state index in [2.05, 4.69) is 0 Å². The van der Waals surface area contributed by atoms with E-state index in [-0.39, 0.29) is 31.0 Å². The molecule has 1 heterocycles. The molecule has 130 valence electrons. The fourth-order valence-corrected chi connectivity index (χ4v) is 2.70. The molecule has 2 N–H and O–H groups in total. The Bertz CT molecular complexity index is 479. The number of halogens is 1. The molecule has 1 aromatic carbocycles. The molecular weight excluding hydrogens is 316 g/mol. The summed E-state index contributed by atoms with van der Waals surface area (Å²) in [5, 5.41) is 0. The zero-order chi connectivity index (χ0) is 15.9. The van der Waals surface area contributed by atoms with E-state index >= 15 is 0 Å². The van der Waals surface area contributed by atoms with E-state index in [9.17, 15) is 4.79 Å². The average molecular weight is 343 g/mol. The molecule has 1 fully saturated rings. The molecule has 0 saturated carbocycles. The minimum atomic E-state index is 0. The summed E-state index contributed by atoms with van der Waals surface area (Å²) in [6.07, 6.45) is 2.11. The predicted octanol–water partition coefficient (Wildman–Crippen LogP) is 2.47. The van der Waals surface area contributed by atoms with Gasteiger partial charge in [0.1, 0.15) is 11.5 Å². The highest BCUT2D eigenvalue weighted by atomic mass is 35.5. The van der Waals surface area contributed by atoms with Crippen molar-refractivity contribution in [2.45, 2.75) is 32.7 Å². The number of likely N-dealkylation sites (tertiary alicyclic amines) is 1. The number of benzene rings is 1. The second kappa shape index (κ2) is 9.63. The van der Waals surface area contributed by atoms with Crippen molar-refractivity contribution < 1.29 is 14.3 Å². The van der Waals surface area contributed by atoms with E-state index in [0.29, 0.717) is 18.3 Å². The van der Waals surface area contributed by atoms with E-state index < -0.39 is 0 Å². The van der Waals surface area contributed by atoms with Gasteiger partial charge in [0, 0.05) is 19.1 Å². The van der Waals surface area contributed by atoms with Crippen molar-refractivity contribution in [1.29, 1.82) is 0 Å². The maximum Gasteiger partial charge on any atom is 0.260 e. The quantitative estimate of drug-likeness (QED) is 0.862. The first-order valence-electron chi connectivity index (χ1n) is 7.99. The molecule has 0 bridgehead atoms. The van der Waals surface area contributed by atoms with Crippen molar-refractivity contribution in [1.82, 2.24) is 4.90 Å². The number of piperidine rings is 1. The largest absolute Gasteiger partial charge is 0.494 e. The number of hydrogen-bond acceptors (Lipinski definition) is 4. The van der Waals surface area contributed by atoms with E-state index in [0.717, 1.165) is 31.7 Å². The Morgan fingerprint density at radius 2 is 1.91 bits per heavy atom. The smallest absolute Gasteiger partial charge is 0.260 e. The summed E-state index contributed by atoms with van der Waals surface area (Å²) in [5.74, 6) is 1.90. The molecule has 2 unspecified atom stereocenters. The van der Waals surface area contributed by atoms with Crippen LogP contribution in [0.25, 0.3) is 0 Å². The van der Waals surface area contributed by atoms with Crippen LogP contribution in [0, 0.1) is 5.92 Å². The maximum atomic E-state index is 12.2. The fraction of sp³-hybridized carbons (Fsp3) is 0.588. The van der Waals surface area contributed by atoms with Crippen LogP contribution in [0.4, 0.5) is 0 Å². The molecule has 0 spiro atoms. The summed E-state index contributed by atoms with van der Waals surface area (Å²) in [5.41, 5.74) is 5.95. The molecule has 0 radical (unpaired) electrons. The van der Waals surface area contributed by atoms with Crippen molar-refractivity contribution in [2.75, 3.05) is 26.3 Å². The topological polar surface area (TPSA) is 64.8 Å². The Balaban J connectivity index is 0.00000264. The summed E-state index contributed by atoms with van der Waals surface area (Å²) in [6, 6.07) is 7.45. The van der Waals surface area contributed by atoms with Gasteiger partial charge in [-0.2, -0.15) is 0 Å². The van der Waals surface area contributed by atoms with Gasteiger partial charge in [0.05, 0.1) is 6.61 Å². The van der Waals surface area contributed by atoms with Gasteiger partial charge >= 0.3 is 0 Å². The van der Waals surface area contributed by atoms with Crippen LogP contribution in [0.2, 0.25) is 0 Å². The Morgan fingerprint density at radius 3 is 2.48 bits per heavy atom. The van der Waals surface area contributed by atoms with Gasteiger partial charge in [-0.1, -0.05) is 0 Å². The third-order valence-corrected chi connectivity index (χ3v) is 4.05. The van der Waals surface area contributed by atoms with E-state index in [1.54, 1.807) is 0 Å². The van der Waals surface area contributed by atoms with Gasteiger partial charge in [0.15, 0.2) is 6.61 Å². The van der Waals surface area contributed by atoms with Gasteiger partial charge in [-0.25, -0.2) is 0 Å². The normalized spacial score (nSPS) is 18.7. The second-order valence-electron chi connectivity index (χ2n) is 5.79. The first kappa shape index (κ1) is 19.6. The lowest BCUT2D eigenvalue weighted by molar-refractivity contribution is -0.135. The molecule has 23 heavy (non-hydrogen) atoms. The van der Waals surface area contributed by atoms with Gasteiger partial charge in [0.25, 0.3) is 5.91 Å². The average Bonchev–Trinajstić information content (AvgIpc) is 2.54. The van der Waals surface area contributed by atoms with Crippen LogP contribution in [0.15, 0.2) is 24.3 Å². The molecule has 2 atom stereocenters. The highest BCUT2D eigenvalue weighted by Crippen LogP contribution is 2.20. The molecule has 1 aliphatic rings. The second-order valence-corrected chi connectivity index (χ2v) is 5.79. The molecule has 5 nitrogen and oxygen atoms in total. The maximum absolute atomic E-state index is 12.2. The number of amides is 1. The Morgan fingerprint density at radius 1 is 1.30 bits per heavy atom. The zero-order valence-electron chi connectivity index (χ0n) is 13.9. The first-order valence-corrected chi connectivity index (χ1v) is 7.99. The number of carbonyl (C=O) groups is 1. The van der Waals surface area contributed by atoms with E-state index in [1.165, 1.54) is 0 Å². The molecule has 1 aromatic rings. The molecule has 1 aliphatic heterocycles. The Hall–Kier alpha value is -1.46.